The van der Waals surface area contributed by atoms with E-state index in [2.05, 4.69) is 15.3 Å². The number of halogens is 1. The summed E-state index contributed by atoms with van der Waals surface area (Å²) in [5.74, 6) is 1.36. The first-order chi connectivity index (χ1) is 10.7. The molecule has 0 aliphatic carbocycles. The Kier molecular flexibility index (Phi) is 4.75. The lowest BCUT2D eigenvalue weighted by Gasteiger charge is -2.11. The van der Waals surface area contributed by atoms with E-state index in [1.807, 2.05) is 30.3 Å². The Hall–Kier alpha value is -1.85. The summed E-state index contributed by atoms with van der Waals surface area (Å²) in [4.78, 5) is 8.56. The zero-order chi connectivity index (χ0) is 15.4. The van der Waals surface area contributed by atoms with Crippen molar-refractivity contribution in [1.29, 1.82) is 0 Å². The number of ether oxygens (including phenoxy) is 1. The van der Waals surface area contributed by atoms with Crippen LogP contribution in [0.4, 0.5) is 11.8 Å². The highest BCUT2D eigenvalue weighted by Gasteiger charge is 2.20. The maximum Gasteiger partial charge on any atom is 0.222 e. The van der Waals surface area contributed by atoms with E-state index in [0.717, 1.165) is 48.1 Å². The van der Waals surface area contributed by atoms with Gasteiger partial charge in [-0.05, 0) is 24.5 Å². The summed E-state index contributed by atoms with van der Waals surface area (Å²) in [6.45, 7) is 2.22. The summed E-state index contributed by atoms with van der Waals surface area (Å²) >= 11 is 6.16. The van der Waals surface area contributed by atoms with Crippen LogP contribution in [0.25, 0.3) is 0 Å². The van der Waals surface area contributed by atoms with Gasteiger partial charge >= 0.3 is 0 Å². The molecule has 6 heteroatoms. The maximum absolute atomic E-state index is 6.16. The van der Waals surface area contributed by atoms with E-state index in [9.17, 15) is 0 Å². The summed E-state index contributed by atoms with van der Waals surface area (Å²) in [6, 6.07) is 9.81. The molecule has 1 aromatic heterocycles. The maximum atomic E-state index is 6.16. The molecule has 1 aromatic carbocycles. The third-order valence-electron chi connectivity index (χ3n) is 3.77. The Morgan fingerprint density at radius 3 is 2.95 bits per heavy atom. The van der Waals surface area contributed by atoms with Gasteiger partial charge < -0.3 is 15.8 Å². The van der Waals surface area contributed by atoms with Gasteiger partial charge in [0.25, 0.3) is 0 Å². The van der Waals surface area contributed by atoms with Crippen LogP contribution in [0, 0.1) is 0 Å². The van der Waals surface area contributed by atoms with Gasteiger partial charge in [0, 0.05) is 30.2 Å². The highest BCUT2D eigenvalue weighted by Crippen LogP contribution is 2.25. The molecular weight excluding hydrogens is 300 g/mol. The normalized spacial score (nSPS) is 17.6. The quantitative estimate of drug-likeness (QED) is 0.887. The summed E-state index contributed by atoms with van der Waals surface area (Å²) in [6.07, 6.45) is 1.81. The summed E-state index contributed by atoms with van der Waals surface area (Å²) in [5.41, 5.74) is 7.87. The monoisotopic (exact) mass is 318 g/mol. The largest absolute Gasteiger partial charge is 0.381 e. The number of aromatic nitrogens is 2. The fourth-order valence-corrected chi connectivity index (χ4v) is 2.81. The third kappa shape index (κ3) is 3.67. The first kappa shape index (κ1) is 15.1. The Balaban J connectivity index is 1.63. The third-order valence-corrected chi connectivity index (χ3v) is 4.14. The molecule has 1 aliphatic heterocycles. The minimum atomic E-state index is 0.296. The molecule has 1 saturated heterocycles. The topological polar surface area (TPSA) is 73.1 Å². The van der Waals surface area contributed by atoms with E-state index in [1.54, 1.807) is 0 Å². The van der Waals surface area contributed by atoms with Gasteiger partial charge in [-0.1, -0.05) is 29.8 Å². The van der Waals surface area contributed by atoms with Crippen LogP contribution < -0.4 is 11.1 Å². The van der Waals surface area contributed by atoms with Crippen molar-refractivity contribution >= 4 is 23.4 Å². The number of hydrogen-bond acceptors (Lipinski definition) is 5. The molecule has 1 unspecified atom stereocenters. The van der Waals surface area contributed by atoms with Gasteiger partial charge in [-0.15, -0.1) is 0 Å². The number of benzene rings is 1. The van der Waals surface area contributed by atoms with E-state index < -0.39 is 0 Å². The van der Waals surface area contributed by atoms with Gasteiger partial charge in [0.15, 0.2) is 0 Å². The molecule has 22 heavy (non-hydrogen) atoms. The van der Waals surface area contributed by atoms with Crippen LogP contribution in [0.15, 0.2) is 30.3 Å². The molecular formula is C16H19ClN4O. The predicted octanol–water partition coefficient (Wildman–Crippen LogP) is 2.87. The van der Waals surface area contributed by atoms with Gasteiger partial charge in [0.05, 0.1) is 12.3 Å². The molecule has 1 atom stereocenters. The number of nitrogens with two attached hydrogens (primary N) is 1. The Morgan fingerprint density at radius 2 is 2.18 bits per heavy atom. The molecule has 1 aliphatic rings. The zero-order valence-corrected chi connectivity index (χ0v) is 13.0. The van der Waals surface area contributed by atoms with Crippen LogP contribution in [-0.4, -0.2) is 29.7 Å². The van der Waals surface area contributed by atoms with Gasteiger partial charge in [0.1, 0.15) is 5.82 Å². The predicted molar refractivity (Wildman–Crippen MR) is 88.3 cm³/mol. The van der Waals surface area contributed by atoms with Gasteiger partial charge in [0.2, 0.25) is 5.95 Å². The van der Waals surface area contributed by atoms with Crippen molar-refractivity contribution in [3.8, 4) is 0 Å². The number of nitrogen functional groups attached to an aromatic ring is 1. The zero-order valence-electron chi connectivity index (χ0n) is 12.3. The molecule has 1 fully saturated rings. The first-order valence-electron chi connectivity index (χ1n) is 7.42. The number of rotatable bonds is 5. The van der Waals surface area contributed by atoms with Crippen molar-refractivity contribution in [3.63, 3.8) is 0 Å². The van der Waals surface area contributed by atoms with E-state index in [1.165, 1.54) is 0 Å². The second-order valence-corrected chi connectivity index (χ2v) is 5.77. The molecule has 0 saturated carbocycles. The first-order valence-corrected chi connectivity index (χ1v) is 7.79. The molecule has 116 valence electrons. The number of hydrogen-bond donors (Lipinski definition) is 2. The minimum absolute atomic E-state index is 0.296. The Labute approximate surface area is 134 Å². The number of nitrogens with zero attached hydrogens (tertiary/aromatic N) is 2. The SMILES string of the molecule is Nc1nc(NCCc2ccccc2Cl)cc(C2CCOC2)n1. The average Bonchev–Trinajstić information content (AvgIpc) is 3.03. The summed E-state index contributed by atoms with van der Waals surface area (Å²) in [5, 5.41) is 4.08. The van der Waals surface area contributed by atoms with Crippen LogP contribution in [-0.2, 0) is 11.2 Å². The van der Waals surface area contributed by atoms with Crippen LogP contribution in [0.1, 0.15) is 23.6 Å². The van der Waals surface area contributed by atoms with E-state index in [0.29, 0.717) is 18.5 Å². The van der Waals surface area contributed by atoms with Gasteiger partial charge in [-0.3, -0.25) is 0 Å². The summed E-state index contributed by atoms with van der Waals surface area (Å²) in [7, 11) is 0. The smallest absolute Gasteiger partial charge is 0.222 e. The van der Waals surface area contributed by atoms with E-state index in [4.69, 9.17) is 22.1 Å². The Morgan fingerprint density at radius 1 is 1.32 bits per heavy atom. The standard InChI is InChI=1S/C16H19ClN4O/c17-13-4-2-1-3-11(13)5-7-19-15-9-14(20-16(18)21-15)12-6-8-22-10-12/h1-4,9,12H,5-8,10H2,(H3,18,19,20,21). The van der Waals surface area contributed by atoms with Gasteiger partial charge in [-0.2, -0.15) is 4.98 Å². The molecule has 3 N–H and O–H groups in total. The second-order valence-electron chi connectivity index (χ2n) is 5.36. The minimum Gasteiger partial charge on any atom is -0.381 e. The van der Waals surface area contributed by atoms with Crippen LogP contribution in [0.5, 0.6) is 0 Å². The van der Waals surface area contributed by atoms with E-state index in [-0.39, 0.29) is 0 Å². The lowest BCUT2D eigenvalue weighted by atomic mass is 10.0. The molecule has 2 aromatic rings. The number of nitrogens with one attached hydrogen (secondary N) is 1. The van der Waals surface area contributed by atoms with Crippen molar-refractivity contribution in [2.24, 2.45) is 0 Å². The van der Waals surface area contributed by atoms with Gasteiger partial charge in [-0.25, -0.2) is 4.98 Å². The highest BCUT2D eigenvalue weighted by atomic mass is 35.5. The molecule has 0 amide bonds. The fourth-order valence-electron chi connectivity index (χ4n) is 2.58. The molecule has 3 rings (SSSR count). The lowest BCUT2D eigenvalue weighted by Crippen LogP contribution is -2.11. The molecule has 5 nitrogen and oxygen atoms in total. The second kappa shape index (κ2) is 6.94. The van der Waals surface area contributed by atoms with Crippen molar-refractivity contribution in [2.45, 2.75) is 18.8 Å². The van der Waals surface area contributed by atoms with Crippen molar-refractivity contribution in [1.82, 2.24) is 9.97 Å². The summed E-state index contributed by atoms with van der Waals surface area (Å²) < 4.78 is 5.41. The van der Waals surface area contributed by atoms with Crippen molar-refractivity contribution in [3.05, 3.63) is 46.6 Å². The van der Waals surface area contributed by atoms with Crippen molar-refractivity contribution < 1.29 is 4.74 Å². The highest BCUT2D eigenvalue weighted by molar-refractivity contribution is 6.31. The van der Waals surface area contributed by atoms with Crippen LogP contribution >= 0.6 is 11.6 Å². The van der Waals surface area contributed by atoms with Crippen molar-refractivity contribution in [2.75, 3.05) is 30.8 Å². The fraction of sp³-hybridized carbons (Fsp3) is 0.375. The number of anilines is 2. The molecule has 0 radical (unpaired) electrons. The average molecular weight is 319 g/mol. The van der Waals surface area contributed by atoms with Crippen LogP contribution in [0.2, 0.25) is 5.02 Å². The molecule has 2 heterocycles. The Bertz CT molecular complexity index is 644. The molecule has 0 bridgehead atoms. The van der Waals surface area contributed by atoms with Crippen LogP contribution in [0.3, 0.4) is 0 Å². The molecule has 0 spiro atoms. The van der Waals surface area contributed by atoms with E-state index >= 15 is 0 Å². The lowest BCUT2D eigenvalue weighted by molar-refractivity contribution is 0.193.